The van der Waals surface area contributed by atoms with Crippen molar-refractivity contribution >= 4 is 5.91 Å². The Bertz CT molecular complexity index is 461. The molecule has 1 unspecified atom stereocenters. The molecule has 0 bridgehead atoms. The zero-order chi connectivity index (χ0) is 15.4. The molecule has 3 rings (SSSR count). The van der Waals surface area contributed by atoms with Crippen molar-refractivity contribution in [3.8, 4) is 0 Å². The first-order valence-electron chi connectivity index (χ1n) is 8.59. The van der Waals surface area contributed by atoms with Crippen LogP contribution in [0.3, 0.4) is 0 Å². The highest BCUT2D eigenvalue weighted by atomic mass is 16.2. The molecular weight excluding hydrogens is 278 g/mol. The van der Waals surface area contributed by atoms with Crippen molar-refractivity contribution < 1.29 is 4.79 Å². The maximum Gasteiger partial charge on any atom is 0.247 e. The second-order valence-electron chi connectivity index (χ2n) is 6.68. The molecule has 1 aliphatic heterocycles. The Kier molecular flexibility index (Phi) is 5.08. The van der Waals surface area contributed by atoms with E-state index in [1.54, 1.807) is 11.0 Å². The van der Waals surface area contributed by atoms with Crippen LogP contribution in [0.5, 0.6) is 0 Å². The van der Waals surface area contributed by atoms with Crippen LogP contribution in [-0.2, 0) is 4.79 Å². The molecule has 22 heavy (non-hydrogen) atoms. The molecule has 122 valence electrons. The highest BCUT2D eigenvalue weighted by Crippen LogP contribution is 2.24. The number of carbonyl (C=O) groups is 1. The highest BCUT2D eigenvalue weighted by Gasteiger charge is 2.27. The average molecular weight is 305 g/mol. The molecule has 2 aliphatic rings. The normalized spacial score (nSPS) is 22.7. The van der Waals surface area contributed by atoms with E-state index in [0.29, 0.717) is 0 Å². The van der Waals surface area contributed by atoms with Crippen LogP contribution >= 0.6 is 0 Å². The lowest BCUT2D eigenvalue weighted by atomic mass is 9.89. The van der Waals surface area contributed by atoms with E-state index in [1.807, 2.05) is 11.8 Å². The number of piperazine rings is 1. The van der Waals surface area contributed by atoms with Gasteiger partial charge in [-0.05, 0) is 25.7 Å². The summed E-state index contributed by atoms with van der Waals surface area (Å²) in [5.74, 6) is 1.04. The Morgan fingerprint density at radius 2 is 1.91 bits per heavy atom. The van der Waals surface area contributed by atoms with E-state index in [-0.39, 0.29) is 11.9 Å². The highest BCUT2D eigenvalue weighted by molar-refractivity contribution is 5.80. The van der Waals surface area contributed by atoms with Crippen LogP contribution in [0.4, 0.5) is 0 Å². The number of aromatic nitrogens is 3. The van der Waals surface area contributed by atoms with Crippen LogP contribution in [0.2, 0.25) is 0 Å². The topological polar surface area (TPSA) is 54.3 Å². The van der Waals surface area contributed by atoms with Gasteiger partial charge in [0.2, 0.25) is 5.91 Å². The van der Waals surface area contributed by atoms with Crippen molar-refractivity contribution in [1.82, 2.24) is 24.6 Å². The minimum absolute atomic E-state index is 0.155. The second kappa shape index (κ2) is 7.22. The van der Waals surface area contributed by atoms with Gasteiger partial charge in [0.05, 0.1) is 0 Å². The van der Waals surface area contributed by atoms with E-state index >= 15 is 0 Å². The van der Waals surface area contributed by atoms with Gasteiger partial charge in [0.15, 0.2) is 0 Å². The van der Waals surface area contributed by atoms with E-state index in [0.717, 1.165) is 32.1 Å². The average Bonchev–Trinajstić information content (AvgIpc) is 3.10. The van der Waals surface area contributed by atoms with Gasteiger partial charge in [-0.15, -0.1) is 0 Å². The van der Waals surface area contributed by atoms with Crippen LogP contribution in [0.15, 0.2) is 12.7 Å². The fourth-order valence-electron chi connectivity index (χ4n) is 3.68. The Labute approximate surface area is 132 Å². The standard InChI is InChI=1S/C16H27N5O/c1-14(21-13-17-12-18-21)16(22)20-9-7-19(8-10-20)11-15-5-3-2-4-6-15/h12-15H,2-11H2,1H3. The van der Waals surface area contributed by atoms with Gasteiger partial charge in [-0.3, -0.25) is 9.69 Å². The van der Waals surface area contributed by atoms with Gasteiger partial charge >= 0.3 is 0 Å². The van der Waals surface area contributed by atoms with Crippen LogP contribution in [0.25, 0.3) is 0 Å². The number of amides is 1. The molecular formula is C16H27N5O. The molecule has 6 nitrogen and oxygen atoms in total. The summed E-state index contributed by atoms with van der Waals surface area (Å²) in [6, 6.07) is -0.257. The van der Waals surface area contributed by atoms with Gasteiger partial charge in [-0.1, -0.05) is 19.3 Å². The summed E-state index contributed by atoms with van der Waals surface area (Å²) in [7, 11) is 0. The Balaban J connectivity index is 1.45. The van der Waals surface area contributed by atoms with E-state index in [4.69, 9.17) is 0 Å². The fraction of sp³-hybridized carbons (Fsp3) is 0.812. The largest absolute Gasteiger partial charge is 0.338 e. The zero-order valence-electron chi connectivity index (χ0n) is 13.5. The van der Waals surface area contributed by atoms with Crippen molar-refractivity contribution in [2.45, 2.75) is 45.1 Å². The molecule has 0 spiro atoms. The van der Waals surface area contributed by atoms with Crippen LogP contribution in [0.1, 0.15) is 45.1 Å². The first-order chi connectivity index (χ1) is 10.7. The van der Waals surface area contributed by atoms with E-state index in [2.05, 4.69) is 15.0 Å². The quantitative estimate of drug-likeness (QED) is 0.847. The van der Waals surface area contributed by atoms with Crippen LogP contribution in [0, 0.1) is 5.92 Å². The van der Waals surface area contributed by atoms with Gasteiger partial charge in [-0.25, -0.2) is 9.67 Å². The molecule has 0 aromatic carbocycles. The summed E-state index contributed by atoms with van der Waals surface area (Å²) in [5, 5.41) is 4.07. The van der Waals surface area contributed by atoms with E-state index in [1.165, 1.54) is 45.0 Å². The minimum Gasteiger partial charge on any atom is -0.338 e. The zero-order valence-corrected chi connectivity index (χ0v) is 13.5. The third-order valence-corrected chi connectivity index (χ3v) is 5.12. The summed E-state index contributed by atoms with van der Waals surface area (Å²) < 4.78 is 1.64. The first-order valence-corrected chi connectivity index (χ1v) is 8.59. The number of carbonyl (C=O) groups excluding carboxylic acids is 1. The summed E-state index contributed by atoms with van der Waals surface area (Å²) in [6.07, 6.45) is 10.1. The molecule has 1 aliphatic carbocycles. The van der Waals surface area contributed by atoms with Crippen molar-refractivity contribution in [2.75, 3.05) is 32.7 Å². The summed E-state index contributed by atoms with van der Waals surface area (Å²) >= 11 is 0. The Morgan fingerprint density at radius 3 is 2.55 bits per heavy atom. The molecule has 6 heteroatoms. The molecule has 0 radical (unpaired) electrons. The number of rotatable bonds is 4. The summed E-state index contributed by atoms with van der Waals surface area (Å²) in [5.41, 5.74) is 0. The molecule has 1 aromatic rings. The lowest BCUT2D eigenvalue weighted by Gasteiger charge is -2.38. The van der Waals surface area contributed by atoms with Crippen LogP contribution < -0.4 is 0 Å². The number of hydrogen-bond donors (Lipinski definition) is 0. The first kappa shape index (κ1) is 15.5. The molecule has 2 fully saturated rings. The van der Waals surface area contributed by atoms with E-state index in [9.17, 15) is 4.79 Å². The van der Waals surface area contributed by atoms with Crippen LogP contribution in [-0.4, -0.2) is 63.2 Å². The molecule has 1 atom stereocenters. The Hall–Kier alpha value is -1.43. The maximum absolute atomic E-state index is 12.5. The van der Waals surface area contributed by atoms with Gasteiger partial charge in [0, 0.05) is 32.7 Å². The van der Waals surface area contributed by atoms with Gasteiger partial charge in [-0.2, -0.15) is 5.10 Å². The predicted molar refractivity (Wildman–Crippen MR) is 84.3 cm³/mol. The minimum atomic E-state index is -0.257. The van der Waals surface area contributed by atoms with Gasteiger partial charge < -0.3 is 4.90 Å². The van der Waals surface area contributed by atoms with Gasteiger partial charge in [0.1, 0.15) is 18.7 Å². The third kappa shape index (κ3) is 3.66. The summed E-state index contributed by atoms with van der Waals surface area (Å²) in [4.78, 5) is 21.0. The molecule has 0 N–H and O–H groups in total. The third-order valence-electron chi connectivity index (χ3n) is 5.12. The lowest BCUT2D eigenvalue weighted by Crippen LogP contribution is -2.51. The fourth-order valence-corrected chi connectivity index (χ4v) is 3.68. The smallest absolute Gasteiger partial charge is 0.247 e. The Morgan fingerprint density at radius 1 is 1.18 bits per heavy atom. The van der Waals surface area contributed by atoms with Crippen molar-refractivity contribution in [1.29, 1.82) is 0 Å². The molecule has 1 aromatic heterocycles. The second-order valence-corrected chi connectivity index (χ2v) is 6.68. The SMILES string of the molecule is CC(C(=O)N1CCN(CC2CCCCC2)CC1)n1cncn1. The van der Waals surface area contributed by atoms with Crippen molar-refractivity contribution in [2.24, 2.45) is 5.92 Å². The van der Waals surface area contributed by atoms with Gasteiger partial charge in [0.25, 0.3) is 0 Å². The number of nitrogens with zero attached hydrogens (tertiary/aromatic N) is 5. The molecule has 1 saturated carbocycles. The predicted octanol–water partition coefficient (Wildman–Crippen LogP) is 1.56. The van der Waals surface area contributed by atoms with Crippen molar-refractivity contribution in [3.63, 3.8) is 0 Å². The van der Waals surface area contributed by atoms with Crippen molar-refractivity contribution in [3.05, 3.63) is 12.7 Å². The molecule has 2 heterocycles. The lowest BCUT2D eigenvalue weighted by molar-refractivity contribution is -0.136. The molecule has 1 saturated heterocycles. The maximum atomic E-state index is 12.5. The monoisotopic (exact) mass is 305 g/mol. The molecule has 1 amide bonds. The summed E-state index contributed by atoms with van der Waals surface area (Å²) in [6.45, 7) is 6.81. The van der Waals surface area contributed by atoms with E-state index < -0.39 is 0 Å². The number of hydrogen-bond acceptors (Lipinski definition) is 4.